The number of alkyl halides is 1. The first-order valence-corrected chi connectivity index (χ1v) is 15.5. The van der Waals surface area contributed by atoms with Gasteiger partial charge in [-0.1, -0.05) is 18.2 Å². The van der Waals surface area contributed by atoms with E-state index in [0.29, 0.717) is 54.3 Å². The first-order chi connectivity index (χ1) is 23.3. The molecule has 0 bridgehead atoms. The Morgan fingerprint density at radius 2 is 1.77 bits per heavy atom. The molecule has 3 heterocycles. The van der Waals surface area contributed by atoms with E-state index in [4.69, 9.17) is 23.7 Å². The van der Waals surface area contributed by atoms with Gasteiger partial charge >= 0.3 is 0 Å². The number of allylic oxidation sites excluding steroid dienone is 1. The molecule has 12 nitrogen and oxygen atoms in total. The summed E-state index contributed by atoms with van der Waals surface area (Å²) in [4.78, 5) is 35.5. The van der Waals surface area contributed by atoms with Crippen LogP contribution >= 0.6 is 0 Å². The summed E-state index contributed by atoms with van der Waals surface area (Å²) >= 11 is 0. The van der Waals surface area contributed by atoms with Crippen LogP contribution in [0.4, 0.5) is 8.78 Å². The molecule has 1 aliphatic carbocycles. The van der Waals surface area contributed by atoms with E-state index in [2.05, 4.69) is 15.3 Å². The molecule has 0 fully saturated rings. The van der Waals surface area contributed by atoms with E-state index in [9.17, 15) is 14.0 Å². The Balaban J connectivity index is 1.21. The molecule has 0 spiro atoms. The van der Waals surface area contributed by atoms with Gasteiger partial charge in [0.1, 0.15) is 36.6 Å². The van der Waals surface area contributed by atoms with Crippen LogP contribution in [0.5, 0.6) is 17.4 Å². The van der Waals surface area contributed by atoms with Crippen molar-refractivity contribution in [3.05, 3.63) is 94.1 Å². The average Bonchev–Trinajstić information content (AvgIpc) is 3.38. The molecule has 1 N–H and O–H groups in total. The van der Waals surface area contributed by atoms with Crippen molar-refractivity contribution in [2.24, 2.45) is 0 Å². The van der Waals surface area contributed by atoms with Crippen LogP contribution in [0.1, 0.15) is 35.3 Å². The number of carbonyl (C=O) groups excluding carboxylic acids is 1. The van der Waals surface area contributed by atoms with Gasteiger partial charge in [-0.2, -0.15) is 4.39 Å². The molecule has 14 heteroatoms. The Hall–Kier alpha value is -5.08. The predicted octanol–water partition coefficient (Wildman–Crippen LogP) is 4.43. The monoisotopic (exact) mass is 663 g/mol. The molecule has 0 radical (unpaired) electrons. The molecule has 1 amide bonds. The number of hydrogen-bond donors (Lipinski definition) is 1. The molecule has 48 heavy (non-hydrogen) atoms. The van der Waals surface area contributed by atoms with Gasteiger partial charge in [-0.25, -0.2) is 19.0 Å². The van der Waals surface area contributed by atoms with Gasteiger partial charge in [0.2, 0.25) is 5.88 Å². The lowest BCUT2D eigenvalue weighted by atomic mass is 10.0. The minimum Gasteiger partial charge on any atom is -0.487 e. The molecular weight excluding hydrogens is 628 g/mol. The number of carbonyl (C=O) groups is 1. The summed E-state index contributed by atoms with van der Waals surface area (Å²) in [7, 11) is 3.12. The van der Waals surface area contributed by atoms with Crippen molar-refractivity contribution in [2.75, 3.05) is 40.6 Å². The minimum atomic E-state index is -2.31. The largest absolute Gasteiger partial charge is 0.487 e. The maximum atomic E-state index is 16.1. The normalized spacial score (nSPS) is 17.1. The first-order valence-electron chi connectivity index (χ1n) is 15.5. The zero-order chi connectivity index (χ0) is 33.7. The zero-order valence-corrected chi connectivity index (χ0v) is 26.5. The molecule has 2 aromatic heterocycles. The smallest absolute Gasteiger partial charge is 0.284 e. The van der Waals surface area contributed by atoms with Crippen LogP contribution in [-0.4, -0.2) is 71.7 Å². The van der Waals surface area contributed by atoms with Crippen LogP contribution in [0.15, 0.2) is 71.4 Å². The van der Waals surface area contributed by atoms with E-state index in [1.54, 1.807) is 37.1 Å². The van der Waals surface area contributed by atoms with E-state index < -0.39 is 23.1 Å². The fourth-order valence-corrected chi connectivity index (χ4v) is 5.66. The van der Waals surface area contributed by atoms with E-state index in [1.807, 2.05) is 0 Å². The van der Waals surface area contributed by atoms with E-state index in [-0.39, 0.29) is 42.5 Å². The van der Waals surface area contributed by atoms with E-state index in [0.717, 1.165) is 12.8 Å². The number of aromatic nitrogens is 4. The third-order valence-corrected chi connectivity index (χ3v) is 7.98. The fraction of sp³-hybridized carbons (Fsp3) is 0.353. The predicted molar refractivity (Wildman–Crippen MR) is 171 cm³/mol. The number of benzene rings is 2. The highest BCUT2D eigenvalue weighted by molar-refractivity contribution is 5.96. The number of para-hydroxylation sites is 1. The van der Waals surface area contributed by atoms with Crippen LogP contribution in [0.3, 0.4) is 0 Å². The summed E-state index contributed by atoms with van der Waals surface area (Å²) < 4.78 is 61.3. The number of hydrogen-bond acceptors (Lipinski definition) is 9. The van der Waals surface area contributed by atoms with Crippen molar-refractivity contribution in [1.29, 1.82) is 0 Å². The Morgan fingerprint density at radius 3 is 2.48 bits per heavy atom. The molecular formula is C34H35F2N5O7. The molecule has 4 aromatic rings. The molecule has 2 aromatic carbocycles. The van der Waals surface area contributed by atoms with E-state index in [1.165, 1.54) is 47.4 Å². The van der Waals surface area contributed by atoms with Crippen LogP contribution in [-0.2, 0) is 22.4 Å². The second kappa shape index (κ2) is 14.4. The SMILES string of the molecule is COCCOc1cc2ncnc(OC3(F)C=CC(NC(=O)c4c5n(n(-c6ccccc6F)c4=O)CCCC5)=CC3)c2cc1OCCOC. The number of amides is 1. The van der Waals surface area contributed by atoms with Gasteiger partial charge < -0.3 is 29.0 Å². The topological polar surface area (TPSA) is 128 Å². The van der Waals surface area contributed by atoms with Crippen LogP contribution < -0.4 is 25.1 Å². The quantitative estimate of drug-likeness (QED) is 0.207. The number of fused-ring (bicyclic) bond motifs is 2. The fourth-order valence-electron chi connectivity index (χ4n) is 5.66. The molecule has 1 aliphatic heterocycles. The van der Waals surface area contributed by atoms with Crippen molar-refractivity contribution >= 4 is 16.8 Å². The highest BCUT2D eigenvalue weighted by Crippen LogP contribution is 2.37. The number of nitrogens with zero attached hydrogens (tertiary/aromatic N) is 4. The Kier molecular flexibility index (Phi) is 9.82. The highest BCUT2D eigenvalue weighted by Gasteiger charge is 2.33. The van der Waals surface area contributed by atoms with Crippen LogP contribution in [0.2, 0.25) is 0 Å². The highest BCUT2D eigenvalue weighted by atomic mass is 19.2. The lowest BCUT2D eigenvalue weighted by Gasteiger charge is -2.25. The number of rotatable bonds is 13. The van der Waals surface area contributed by atoms with Gasteiger partial charge in [-0.05, 0) is 49.6 Å². The Morgan fingerprint density at radius 1 is 1.02 bits per heavy atom. The van der Waals surface area contributed by atoms with Gasteiger partial charge in [0, 0.05) is 38.9 Å². The van der Waals surface area contributed by atoms with Crippen molar-refractivity contribution in [1.82, 2.24) is 24.6 Å². The van der Waals surface area contributed by atoms with Crippen molar-refractivity contribution in [3.63, 3.8) is 0 Å². The summed E-state index contributed by atoms with van der Waals surface area (Å²) in [6, 6.07) is 9.20. The van der Waals surface area contributed by atoms with E-state index >= 15 is 4.39 Å². The molecule has 2 aliphatic rings. The minimum absolute atomic E-state index is 0.0257. The van der Waals surface area contributed by atoms with Crippen molar-refractivity contribution < 1.29 is 37.3 Å². The number of methoxy groups -OCH3 is 2. The zero-order valence-electron chi connectivity index (χ0n) is 26.5. The standard InChI is InChI=1S/C34H35F2N5O7/c1-44-15-17-46-28-19-23-25(20-29(28)47-18-16-45-2)37-21-38-32(23)48-34(36)12-10-22(11-13-34)39-31(42)30-27-9-5-6-14-40(27)41(33(30)43)26-8-4-3-7-24(26)35/h3-4,7-8,10-12,19-21H,5-6,9,13-18H2,1-2H3,(H,39,42). The average molecular weight is 664 g/mol. The molecule has 1 unspecified atom stereocenters. The first kappa shape index (κ1) is 32.8. The summed E-state index contributed by atoms with van der Waals surface area (Å²) in [5, 5.41) is 3.10. The van der Waals surface area contributed by atoms with Crippen molar-refractivity contribution in [3.8, 4) is 23.1 Å². The third kappa shape index (κ3) is 6.80. The molecule has 0 saturated carbocycles. The lowest BCUT2D eigenvalue weighted by Crippen LogP contribution is -2.33. The molecule has 1 atom stereocenters. The maximum absolute atomic E-state index is 16.1. The Labute approximate surface area is 274 Å². The number of ether oxygens (including phenoxy) is 5. The van der Waals surface area contributed by atoms with Crippen LogP contribution in [0.25, 0.3) is 16.6 Å². The van der Waals surface area contributed by atoms with Crippen LogP contribution in [0, 0.1) is 5.82 Å². The Bertz CT molecular complexity index is 1940. The number of nitrogens with one attached hydrogen (secondary N) is 1. The maximum Gasteiger partial charge on any atom is 0.284 e. The summed E-state index contributed by atoms with van der Waals surface area (Å²) in [5.41, 5.74) is 0.637. The van der Waals surface area contributed by atoms with Gasteiger partial charge in [-0.15, -0.1) is 0 Å². The second-order valence-electron chi connectivity index (χ2n) is 11.2. The molecule has 252 valence electrons. The molecule has 6 rings (SSSR count). The number of halogens is 2. The second-order valence-corrected chi connectivity index (χ2v) is 11.2. The van der Waals surface area contributed by atoms with Crippen molar-refractivity contribution in [2.45, 2.75) is 38.1 Å². The van der Waals surface area contributed by atoms with Gasteiger partial charge in [0.05, 0.1) is 29.8 Å². The summed E-state index contributed by atoms with van der Waals surface area (Å²) in [5.74, 6) is -2.78. The third-order valence-electron chi connectivity index (χ3n) is 7.98. The van der Waals surface area contributed by atoms with Gasteiger partial charge in [-0.3, -0.25) is 14.3 Å². The summed E-state index contributed by atoms with van der Waals surface area (Å²) in [6.45, 7) is 1.68. The van der Waals surface area contributed by atoms with Gasteiger partial charge in [0.25, 0.3) is 17.3 Å². The van der Waals surface area contributed by atoms with Gasteiger partial charge in [0.15, 0.2) is 11.5 Å². The summed E-state index contributed by atoms with van der Waals surface area (Å²) in [6.07, 6.45) is 7.04. The molecule has 0 saturated heterocycles. The lowest BCUT2D eigenvalue weighted by molar-refractivity contribution is -0.0158.